The van der Waals surface area contributed by atoms with E-state index in [0.717, 1.165) is 42.7 Å². The maximum absolute atomic E-state index is 12.3. The molecule has 2 heterocycles. The van der Waals surface area contributed by atoms with Crippen LogP contribution in [-0.4, -0.2) is 24.1 Å². The van der Waals surface area contributed by atoms with Gasteiger partial charge in [0.05, 0.1) is 0 Å². The summed E-state index contributed by atoms with van der Waals surface area (Å²) in [5.41, 5.74) is 10.6. The average molecular weight is 422 g/mol. The number of nitrogens with one attached hydrogen (secondary N) is 1. The Morgan fingerprint density at radius 1 is 1.13 bits per heavy atom. The summed E-state index contributed by atoms with van der Waals surface area (Å²) >= 11 is 6.52. The van der Waals surface area contributed by atoms with E-state index in [4.69, 9.17) is 22.1 Å². The number of pyridine rings is 1. The minimum absolute atomic E-state index is 0.131. The molecule has 4 rings (SSSR count). The molecule has 0 radical (unpaired) electrons. The summed E-state index contributed by atoms with van der Waals surface area (Å²) < 4.78 is 5.46. The highest BCUT2D eigenvalue weighted by Gasteiger charge is 2.18. The molecule has 1 aliphatic heterocycles. The number of nitrogen functional groups attached to an aromatic ring is 1. The van der Waals surface area contributed by atoms with Crippen LogP contribution in [0.5, 0.6) is 0 Å². The summed E-state index contributed by atoms with van der Waals surface area (Å²) in [6.45, 7) is 1.90. The second-order valence-corrected chi connectivity index (χ2v) is 7.85. The summed E-state index contributed by atoms with van der Waals surface area (Å²) in [6, 6.07) is 17.0. The molecule has 5 nitrogen and oxygen atoms in total. The zero-order chi connectivity index (χ0) is 20.9. The summed E-state index contributed by atoms with van der Waals surface area (Å²) in [5.74, 6) is 0.786. The Labute approximate surface area is 181 Å². The molecule has 0 saturated carbocycles. The van der Waals surface area contributed by atoms with E-state index in [0.29, 0.717) is 28.9 Å². The zero-order valence-corrected chi connectivity index (χ0v) is 17.4. The summed E-state index contributed by atoms with van der Waals surface area (Å²) in [7, 11) is 0. The number of anilines is 1. The molecule has 1 aliphatic rings. The standard InChI is InChI=1S/C24H24ClN3O2/c25-22-13-18(6-7-19(22)14-28-24(29)17-4-2-1-3-5-17)21-12-20(15-27-23(21)26)16-8-10-30-11-9-16/h1-7,12-13,15-16H,8-11,14H2,(H2,26,27)(H,28,29). The van der Waals surface area contributed by atoms with Gasteiger partial charge in [0.1, 0.15) is 5.82 Å². The molecule has 1 saturated heterocycles. The van der Waals surface area contributed by atoms with Gasteiger partial charge >= 0.3 is 0 Å². The molecule has 1 amide bonds. The number of hydrogen-bond acceptors (Lipinski definition) is 4. The Morgan fingerprint density at radius 2 is 1.90 bits per heavy atom. The van der Waals surface area contributed by atoms with Crippen LogP contribution >= 0.6 is 11.6 Å². The smallest absolute Gasteiger partial charge is 0.251 e. The van der Waals surface area contributed by atoms with Gasteiger partial charge in [-0.2, -0.15) is 0 Å². The lowest BCUT2D eigenvalue weighted by molar-refractivity contribution is 0.0853. The number of nitrogens with two attached hydrogens (primary N) is 1. The number of halogens is 1. The second kappa shape index (κ2) is 9.28. The molecule has 0 unspecified atom stereocenters. The highest BCUT2D eigenvalue weighted by Crippen LogP contribution is 2.33. The van der Waals surface area contributed by atoms with E-state index in [1.165, 1.54) is 5.56 Å². The van der Waals surface area contributed by atoms with Crippen LogP contribution in [0.3, 0.4) is 0 Å². The number of aromatic nitrogens is 1. The zero-order valence-electron chi connectivity index (χ0n) is 16.6. The van der Waals surface area contributed by atoms with Crippen molar-refractivity contribution >= 4 is 23.3 Å². The fourth-order valence-electron chi connectivity index (χ4n) is 3.70. The van der Waals surface area contributed by atoms with E-state index in [1.807, 2.05) is 42.6 Å². The van der Waals surface area contributed by atoms with Crippen molar-refractivity contribution in [2.75, 3.05) is 18.9 Å². The molecule has 0 atom stereocenters. The van der Waals surface area contributed by atoms with E-state index >= 15 is 0 Å². The fourth-order valence-corrected chi connectivity index (χ4v) is 3.95. The average Bonchev–Trinajstić information content (AvgIpc) is 2.79. The van der Waals surface area contributed by atoms with Crippen molar-refractivity contribution in [2.24, 2.45) is 0 Å². The first-order chi connectivity index (χ1) is 14.6. The quantitative estimate of drug-likeness (QED) is 0.619. The predicted octanol–water partition coefficient (Wildman–Crippen LogP) is 4.81. The molecule has 30 heavy (non-hydrogen) atoms. The molecule has 1 aromatic heterocycles. The highest BCUT2D eigenvalue weighted by atomic mass is 35.5. The van der Waals surface area contributed by atoms with Gasteiger partial charge in [0, 0.05) is 42.1 Å². The third-order valence-electron chi connectivity index (χ3n) is 5.47. The number of rotatable bonds is 5. The van der Waals surface area contributed by atoms with Crippen LogP contribution in [0.2, 0.25) is 5.02 Å². The van der Waals surface area contributed by atoms with Gasteiger partial charge in [-0.25, -0.2) is 4.98 Å². The van der Waals surface area contributed by atoms with Crippen LogP contribution in [0, 0.1) is 0 Å². The first-order valence-electron chi connectivity index (χ1n) is 10.1. The molecule has 154 valence electrons. The number of hydrogen-bond donors (Lipinski definition) is 2. The van der Waals surface area contributed by atoms with Gasteiger partial charge in [0.2, 0.25) is 0 Å². The van der Waals surface area contributed by atoms with Crippen molar-refractivity contribution in [3.63, 3.8) is 0 Å². The number of ether oxygens (including phenoxy) is 1. The molecular formula is C24H24ClN3O2. The van der Waals surface area contributed by atoms with Gasteiger partial charge in [-0.15, -0.1) is 0 Å². The van der Waals surface area contributed by atoms with Gasteiger partial charge in [0.15, 0.2) is 0 Å². The summed E-state index contributed by atoms with van der Waals surface area (Å²) in [6.07, 6.45) is 3.85. The first kappa shape index (κ1) is 20.4. The van der Waals surface area contributed by atoms with Crippen molar-refractivity contribution in [3.05, 3.63) is 82.5 Å². The number of carbonyl (C=O) groups is 1. The Hall–Kier alpha value is -2.89. The summed E-state index contributed by atoms with van der Waals surface area (Å²) in [4.78, 5) is 16.7. The molecule has 0 aliphatic carbocycles. The van der Waals surface area contributed by atoms with E-state index in [9.17, 15) is 4.79 Å². The molecule has 6 heteroatoms. The highest BCUT2D eigenvalue weighted by molar-refractivity contribution is 6.31. The van der Waals surface area contributed by atoms with Crippen molar-refractivity contribution in [2.45, 2.75) is 25.3 Å². The lowest BCUT2D eigenvalue weighted by atomic mass is 9.91. The first-order valence-corrected chi connectivity index (χ1v) is 10.4. The number of carbonyl (C=O) groups excluding carboxylic acids is 1. The normalized spacial score (nSPS) is 14.4. The SMILES string of the molecule is Nc1ncc(C2CCOCC2)cc1-c1ccc(CNC(=O)c2ccccc2)c(Cl)c1. The van der Waals surface area contributed by atoms with Crippen molar-refractivity contribution in [3.8, 4) is 11.1 Å². The largest absolute Gasteiger partial charge is 0.383 e. The van der Waals surface area contributed by atoms with Gasteiger partial charge < -0.3 is 15.8 Å². The topological polar surface area (TPSA) is 77.2 Å². The van der Waals surface area contributed by atoms with Crippen LogP contribution in [0.15, 0.2) is 60.8 Å². The van der Waals surface area contributed by atoms with E-state index < -0.39 is 0 Å². The monoisotopic (exact) mass is 421 g/mol. The minimum Gasteiger partial charge on any atom is -0.383 e. The number of nitrogens with zero attached hydrogens (tertiary/aromatic N) is 1. The molecule has 3 N–H and O–H groups in total. The Morgan fingerprint density at radius 3 is 2.63 bits per heavy atom. The maximum atomic E-state index is 12.3. The van der Waals surface area contributed by atoms with Gasteiger partial charge in [-0.1, -0.05) is 41.9 Å². The molecule has 2 aromatic carbocycles. The van der Waals surface area contributed by atoms with Gasteiger partial charge in [0.25, 0.3) is 5.91 Å². The molecular weight excluding hydrogens is 398 g/mol. The molecule has 1 fully saturated rings. The number of amides is 1. The van der Waals surface area contributed by atoms with E-state index in [2.05, 4.69) is 16.4 Å². The van der Waals surface area contributed by atoms with Crippen LogP contribution in [-0.2, 0) is 11.3 Å². The Kier molecular flexibility index (Phi) is 6.31. The molecule has 0 spiro atoms. The Bertz CT molecular complexity index is 1030. The summed E-state index contributed by atoms with van der Waals surface area (Å²) in [5, 5.41) is 3.49. The van der Waals surface area contributed by atoms with E-state index in [-0.39, 0.29) is 5.91 Å². The third kappa shape index (κ3) is 4.64. The van der Waals surface area contributed by atoms with Crippen LogP contribution in [0.25, 0.3) is 11.1 Å². The van der Waals surface area contributed by atoms with Crippen LogP contribution in [0.4, 0.5) is 5.82 Å². The lowest BCUT2D eigenvalue weighted by Crippen LogP contribution is -2.22. The van der Waals surface area contributed by atoms with Crippen LogP contribution in [0.1, 0.15) is 40.2 Å². The predicted molar refractivity (Wildman–Crippen MR) is 120 cm³/mol. The van der Waals surface area contributed by atoms with E-state index in [1.54, 1.807) is 12.1 Å². The second-order valence-electron chi connectivity index (χ2n) is 7.44. The van der Waals surface area contributed by atoms with Gasteiger partial charge in [-0.3, -0.25) is 4.79 Å². The van der Waals surface area contributed by atoms with Crippen molar-refractivity contribution < 1.29 is 9.53 Å². The van der Waals surface area contributed by atoms with Crippen molar-refractivity contribution in [1.82, 2.24) is 10.3 Å². The maximum Gasteiger partial charge on any atom is 0.251 e. The molecule has 3 aromatic rings. The lowest BCUT2D eigenvalue weighted by Gasteiger charge is -2.23. The van der Waals surface area contributed by atoms with Crippen molar-refractivity contribution in [1.29, 1.82) is 0 Å². The third-order valence-corrected chi connectivity index (χ3v) is 5.82. The number of benzene rings is 2. The van der Waals surface area contributed by atoms with Crippen LogP contribution < -0.4 is 11.1 Å². The van der Waals surface area contributed by atoms with Gasteiger partial charge in [-0.05, 0) is 59.7 Å². The fraction of sp³-hybridized carbons (Fsp3) is 0.250. The Balaban J connectivity index is 1.51. The molecule has 0 bridgehead atoms. The minimum atomic E-state index is -0.131.